The summed E-state index contributed by atoms with van der Waals surface area (Å²) in [6, 6.07) is 4.71. The molecule has 3 aromatic rings. The van der Waals surface area contributed by atoms with Crippen LogP contribution in [0.5, 0.6) is 0 Å². The van der Waals surface area contributed by atoms with Gasteiger partial charge in [-0.05, 0) is 42.2 Å². The molecule has 1 unspecified atom stereocenters. The van der Waals surface area contributed by atoms with Crippen molar-refractivity contribution in [1.29, 1.82) is 0 Å². The molecule has 7 N–H and O–H groups in total. The lowest BCUT2D eigenvalue weighted by atomic mass is 9.97. The average molecular weight is 511 g/mol. The van der Waals surface area contributed by atoms with E-state index < -0.39 is 11.9 Å². The Hall–Kier alpha value is -3.60. The van der Waals surface area contributed by atoms with Crippen molar-refractivity contribution in [1.82, 2.24) is 14.6 Å². The summed E-state index contributed by atoms with van der Waals surface area (Å²) in [6.45, 7) is 8.17. The van der Waals surface area contributed by atoms with Crippen molar-refractivity contribution in [3.8, 4) is 11.4 Å². The van der Waals surface area contributed by atoms with Crippen molar-refractivity contribution in [2.75, 3.05) is 6.54 Å². The van der Waals surface area contributed by atoms with Crippen molar-refractivity contribution in [2.45, 2.75) is 59.7 Å². The van der Waals surface area contributed by atoms with E-state index in [1.54, 1.807) is 23.6 Å². The number of pyridine rings is 2. The molecule has 4 rings (SSSR count). The molecule has 37 heavy (non-hydrogen) atoms. The van der Waals surface area contributed by atoms with Gasteiger partial charge in [-0.25, -0.2) is 15.2 Å². The van der Waals surface area contributed by atoms with Crippen molar-refractivity contribution in [2.24, 2.45) is 17.3 Å². The molecule has 0 spiro atoms. The maximum Gasteiger partial charge on any atom is 0.254 e. The van der Waals surface area contributed by atoms with E-state index in [9.17, 15) is 19.1 Å². The van der Waals surface area contributed by atoms with Crippen LogP contribution in [0.1, 0.15) is 61.1 Å². The Kier molecular flexibility index (Phi) is 8.80. The van der Waals surface area contributed by atoms with Crippen LogP contribution in [0.2, 0.25) is 0 Å². The standard InChI is InChI=1S/C25H29FN6O3.C2H6/c1-3-4-15-17(23(34)12-33)6-22-24-19(11-32(22)25(15)35)18(10-31(29)9-14(28)8-27)16-5-13(2)20(26)7-21(16)30-24;1-2/h5-7,9,12,23,34H,3-4,8,10-11,27-29H2,1-2H3;1-2H3/b14-9-;. The van der Waals surface area contributed by atoms with E-state index in [-0.39, 0.29) is 30.8 Å². The second kappa shape index (κ2) is 11.6. The Bertz CT molecular complexity index is 1420. The quantitative estimate of drug-likeness (QED) is 0.160. The number of fused-ring (bicyclic) bond motifs is 4. The third-order valence-electron chi connectivity index (χ3n) is 6.33. The van der Waals surface area contributed by atoms with Crippen LogP contribution in [-0.2, 0) is 24.3 Å². The zero-order valence-corrected chi connectivity index (χ0v) is 21.7. The molecule has 1 aromatic carbocycles. The summed E-state index contributed by atoms with van der Waals surface area (Å²) < 4.78 is 16.1. The topological polar surface area (TPSA) is 153 Å². The molecule has 0 bridgehead atoms. The SMILES string of the molecule is CC.CCCc1c(C(O)C=O)cc2n(c1=O)Cc1c-2nc2cc(F)c(C)cc2c1CN(N)/C=C(\N)CN. The Labute approximate surface area is 215 Å². The molecule has 1 atom stereocenters. The van der Waals surface area contributed by atoms with Crippen molar-refractivity contribution in [3.63, 3.8) is 0 Å². The first-order valence-electron chi connectivity index (χ1n) is 12.4. The largest absolute Gasteiger partial charge is 0.400 e. The van der Waals surface area contributed by atoms with Crippen LogP contribution in [0.4, 0.5) is 4.39 Å². The number of aromatic nitrogens is 2. The summed E-state index contributed by atoms with van der Waals surface area (Å²) in [6.07, 6.45) is 1.59. The second-order valence-corrected chi connectivity index (χ2v) is 8.80. The van der Waals surface area contributed by atoms with Gasteiger partial charge >= 0.3 is 0 Å². The van der Waals surface area contributed by atoms with Gasteiger partial charge in [-0.3, -0.25) is 4.79 Å². The van der Waals surface area contributed by atoms with Crippen LogP contribution in [0.25, 0.3) is 22.3 Å². The van der Waals surface area contributed by atoms with E-state index in [0.29, 0.717) is 58.2 Å². The molecule has 2 aromatic heterocycles. The number of halogens is 1. The fourth-order valence-electron chi connectivity index (χ4n) is 4.61. The zero-order valence-electron chi connectivity index (χ0n) is 21.7. The molecule has 1 aliphatic heterocycles. The van der Waals surface area contributed by atoms with E-state index >= 15 is 0 Å². The first-order valence-corrected chi connectivity index (χ1v) is 12.4. The number of hydrogen-bond donors (Lipinski definition) is 4. The molecule has 0 aliphatic carbocycles. The summed E-state index contributed by atoms with van der Waals surface area (Å²) in [5.74, 6) is 5.80. The number of carbonyl (C=O) groups is 1. The smallest absolute Gasteiger partial charge is 0.254 e. The van der Waals surface area contributed by atoms with E-state index in [1.165, 1.54) is 17.3 Å². The zero-order chi connectivity index (χ0) is 27.4. The highest BCUT2D eigenvalue weighted by Gasteiger charge is 2.30. The van der Waals surface area contributed by atoms with Crippen LogP contribution in [0.3, 0.4) is 0 Å². The second-order valence-electron chi connectivity index (χ2n) is 8.80. The number of aliphatic hydroxyl groups is 1. The summed E-state index contributed by atoms with van der Waals surface area (Å²) in [4.78, 5) is 29.5. The first kappa shape index (κ1) is 28.0. The first-order chi connectivity index (χ1) is 17.7. The van der Waals surface area contributed by atoms with Crippen LogP contribution < -0.4 is 22.9 Å². The van der Waals surface area contributed by atoms with Gasteiger partial charge in [-0.1, -0.05) is 27.2 Å². The normalized spacial score (nSPS) is 13.0. The van der Waals surface area contributed by atoms with Gasteiger partial charge in [0.25, 0.3) is 5.56 Å². The van der Waals surface area contributed by atoms with Crippen molar-refractivity contribution < 1.29 is 14.3 Å². The third kappa shape index (κ3) is 5.27. The molecular weight excluding hydrogens is 475 g/mol. The number of hydrazine groups is 1. The van der Waals surface area contributed by atoms with Gasteiger partial charge in [0.2, 0.25) is 0 Å². The number of aryl methyl sites for hydroxylation is 1. The maximum atomic E-state index is 14.5. The molecule has 0 radical (unpaired) electrons. The van der Waals surface area contributed by atoms with Crippen molar-refractivity contribution >= 4 is 17.2 Å². The minimum Gasteiger partial charge on any atom is -0.400 e. The number of aliphatic hydroxyl groups excluding tert-OH is 1. The predicted molar refractivity (Wildman–Crippen MR) is 143 cm³/mol. The number of hydrogen-bond acceptors (Lipinski definition) is 8. The molecule has 0 amide bonds. The highest BCUT2D eigenvalue weighted by atomic mass is 19.1. The molecule has 198 valence electrons. The highest BCUT2D eigenvalue weighted by molar-refractivity contribution is 5.88. The molecule has 1 aliphatic rings. The van der Waals surface area contributed by atoms with Crippen LogP contribution in [0.15, 0.2) is 34.9 Å². The lowest BCUT2D eigenvalue weighted by Crippen LogP contribution is -2.28. The van der Waals surface area contributed by atoms with E-state index in [1.807, 2.05) is 20.8 Å². The third-order valence-corrected chi connectivity index (χ3v) is 6.33. The Morgan fingerprint density at radius 1 is 1.30 bits per heavy atom. The molecular formula is C27H35FN6O3. The minimum atomic E-state index is -1.43. The maximum absolute atomic E-state index is 14.5. The van der Waals surface area contributed by atoms with Crippen molar-refractivity contribution in [3.05, 3.63) is 74.1 Å². The van der Waals surface area contributed by atoms with E-state index in [0.717, 1.165) is 11.1 Å². The number of aldehydes is 1. The fraction of sp³-hybridized carbons (Fsp3) is 0.370. The van der Waals surface area contributed by atoms with Gasteiger partial charge in [0, 0.05) is 41.0 Å². The Morgan fingerprint density at radius 2 is 2.00 bits per heavy atom. The fourth-order valence-corrected chi connectivity index (χ4v) is 4.61. The molecule has 10 heteroatoms. The van der Waals surface area contributed by atoms with Gasteiger partial charge in [0.1, 0.15) is 11.9 Å². The summed E-state index contributed by atoms with van der Waals surface area (Å²) >= 11 is 0. The van der Waals surface area contributed by atoms with E-state index in [4.69, 9.17) is 22.3 Å². The molecule has 0 fully saturated rings. The predicted octanol–water partition coefficient (Wildman–Crippen LogP) is 2.52. The summed E-state index contributed by atoms with van der Waals surface area (Å²) in [5.41, 5.74) is 15.5. The van der Waals surface area contributed by atoms with Crippen LogP contribution in [0, 0.1) is 12.7 Å². The highest BCUT2D eigenvalue weighted by Crippen LogP contribution is 2.37. The Balaban J connectivity index is 0.00000186. The monoisotopic (exact) mass is 510 g/mol. The lowest BCUT2D eigenvalue weighted by molar-refractivity contribution is -0.115. The molecule has 0 saturated heterocycles. The number of nitrogens with zero attached hydrogens (tertiary/aromatic N) is 3. The van der Waals surface area contributed by atoms with Crippen LogP contribution >= 0.6 is 0 Å². The number of carbonyl (C=O) groups excluding carboxylic acids is 1. The summed E-state index contributed by atoms with van der Waals surface area (Å²) in [5, 5.41) is 12.4. The van der Waals surface area contributed by atoms with Gasteiger partial charge in [0.15, 0.2) is 6.29 Å². The lowest BCUT2D eigenvalue weighted by Gasteiger charge is -2.19. The van der Waals surface area contributed by atoms with Crippen LogP contribution in [-0.4, -0.2) is 32.5 Å². The number of rotatable bonds is 8. The number of nitrogens with two attached hydrogens (primary N) is 3. The van der Waals surface area contributed by atoms with Gasteiger partial charge in [-0.2, -0.15) is 0 Å². The minimum absolute atomic E-state index is 0.135. The average Bonchev–Trinajstić information content (AvgIpc) is 3.25. The van der Waals surface area contributed by atoms with E-state index in [2.05, 4.69) is 0 Å². The van der Waals surface area contributed by atoms with Gasteiger partial charge in [-0.15, -0.1) is 0 Å². The number of benzene rings is 1. The van der Waals surface area contributed by atoms with Gasteiger partial charge < -0.3 is 30.9 Å². The molecule has 3 heterocycles. The van der Waals surface area contributed by atoms with Gasteiger partial charge in [0.05, 0.1) is 30.0 Å². The molecule has 9 nitrogen and oxygen atoms in total. The summed E-state index contributed by atoms with van der Waals surface area (Å²) in [7, 11) is 0. The molecule has 0 saturated carbocycles. The Morgan fingerprint density at radius 3 is 2.62 bits per heavy atom.